The maximum Gasteiger partial charge on any atom is 0.157 e. The minimum absolute atomic E-state index is 0.0593. The normalized spacial score (nSPS) is 9.91. The van der Waals surface area contributed by atoms with Gasteiger partial charge in [0.05, 0.1) is 0 Å². The van der Waals surface area contributed by atoms with E-state index < -0.39 is 0 Å². The molecule has 0 saturated heterocycles. The number of aryl methyl sites for hydroxylation is 1. The summed E-state index contributed by atoms with van der Waals surface area (Å²) in [6, 6.07) is 4.82. The lowest BCUT2D eigenvalue weighted by molar-refractivity contribution is 0.403. The highest BCUT2D eigenvalue weighted by molar-refractivity contribution is 5.40. The van der Waals surface area contributed by atoms with Crippen LogP contribution in [0.1, 0.15) is 12.0 Å². The maximum absolute atomic E-state index is 9.06. The first-order chi connectivity index (χ1) is 5.24. The van der Waals surface area contributed by atoms with Gasteiger partial charge in [-0.05, 0) is 30.5 Å². The summed E-state index contributed by atoms with van der Waals surface area (Å²) in [7, 11) is 0. The summed E-state index contributed by atoms with van der Waals surface area (Å²) in [6.07, 6.45) is 1.62. The zero-order valence-electron chi connectivity index (χ0n) is 6.25. The predicted octanol–water partition coefficient (Wildman–Crippen LogP) is 1.86. The molecule has 0 bridgehead atoms. The Morgan fingerprint density at radius 2 is 1.91 bits per heavy atom. The third kappa shape index (κ3) is 1.87. The molecule has 0 aromatic heterocycles. The molecular weight excluding hydrogens is 140 g/mol. The van der Waals surface area contributed by atoms with Crippen LogP contribution >= 0.6 is 0 Å². The van der Waals surface area contributed by atoms with Crippen LogP contribution in [0.15, 0.2) is 18.2 Å². The molecule has 2 nitrogen and oxygen atoms in total. The highest BCUT2D eigenvalue weighted by atomic mass is 16.3. The molecule has 2 N–H and O–H groups in total. The van der Waals surface area contributed by atoms with Crippen molar-refractivity contribution in [3.63, 3.8) is 0 Å². The van der Waals surface area contributed by atoms with Gasteiger partial charge in [-0.3, -0.25) is 0 Å². The van der Waals surface area contributed by atoms with Gasteiger partial charge in [0.25, 0.3) is 0 Å². The van der Waals surface area contributed by atoms with Gasteiger partial charge in [0.15, 0.2) is 11.5 Å². The predicted molar refractivity (Wildman–Crippen MR) is 43.4 cm³/mol. The Bertz CT molecular complexity index is 243. The molecule has 0 atom stereocenters. The van der Waals surface area contributed by atoms with Crippen LogP contribution in [0.25, 0.3) is 0 Å². The molecule has 0 aliphatic carbocycles. The van der Waals surface area contributed by atoms with Gasteiger partial charge in [0.1, 0.15) is 0 Å². The van der Waals surface area contributed by atoms with Gasteiger partial charge in [-0.2, -0.15) is 0 Å². The Balaban J connectivity index is 2.86. The number of hydrogen-bond acceptors (Lipinski definition) is 2. The molecule has 0 heterocycles. The monoisotopic (exact) mass is 151 g/mol. The summed E-state index contributed by atoms with van der Waals surface area (Å²) in [4.78, 5) is 0. The molecule has 11 heavy (non-hydrogen) atoms. The van der Waals surface area contributed by atoms with E-state index in [1.165, 1.54) is 6.07 Å². The Morgan fingerprint density at radius 3 is 2.45 bits per heavy atom. The van der Waals surface area contributed by atoms with E-state index in [0.29, 0.717) is 0 Å². The van der Waals surface area contributed by atoms with Crippen LogP contribution in [-0.4, -0.2) is 10.2 Å². The van der Waals surface area contributed by atoms with E-state index in [0.717, 1.165) is 18.4 Å². The lowest BCUT2D eigenvalue weighted by atomic mass is 10.1. The first kappa shape index (κ1) is 7.92. The second-order valence-corrected chi connectivity index (χ2v) is 2.43. The van der Waals surface area contributed by atoms with Crippen LogP contribution in [0.4, 0.5) is 0 Å². The third-order valence-corrected chi connectivity index (χ3v) is 1.51. The van der Waals surface area contributed by atoms with E-state index in [1.54, 1.807) is 12.1 Å². The zero-order valence-corrected chi connectivity index (χ0v) is 6.25. The second-order valence-electron chi connectivity index (χ2n) is 2.43. The molecule has 0 aliphatic rings. The average molecular weight is 151 g/mol. The SMILES string of the molecule is [CH2]CCc1ccc(O)c(O)c1. The zero-order chi connectivity index (χ0) is 8.27. The van der Waals surface area contributed by atoms with Gasteiger partial charge in [-0.25, -0.2) is 0 Å². The molecular formula is C9H11O2. The standard InChI is InChI=1S/C9H11O2/c1-2-3-7-4-5-8(10)9(11)6-7/h4-6,10-11H,1-3H2. The van der Waals surface area contributed by atoms with Gasteiger partial charge in [-0.1, -0.05) is 13.0 Å². The van der Waals surface area contributed by atoms with Gasteiger partial charge in [0.2, 0.25) is 0 Å². The molecule has 1 aromatic carbocycles. The van der Waals surface area contributed by atoms with Crippen molar-refractivity contribution in [2.24, 2.45) is 0 Å². The van der Waals surface area contributed by atoms with Crippen LogP contribution in [0.5, 0.6) is 11.5 Å². The van der Waals surface area contributed by atoms with Crippen molar-refractivity contribution in [1.82, 2.24) is 0 Å². The summed E-state index contributed by atoms with van der Waals surface area (Å²) < 4.78 is 0. The number of hydrogen-bond donors (Lipinski definition) is 2. The second kappa shape index (κ2) is 3.28. The number of phenols is 2. The van der Waals surface area contributed by atoms with Crippen molar-refractivity contribution in [1.29, 1.82) is 0 Å². The maximum atomic E-state index is 9.06. The summed E-state index contributed by atoms with van der Waals surface area (Å²) in [5.41, 5.74) is 0.996. The van der Waals surface area contributed by atoms with Crippen LogP contribution in [-0.2, 0) is 6.42 Å². The lowest BCUT2D eigenvalue weighted by Gasteiger charge is -2.00. The van der Waals surface area contributed by atoms with Crippen LogP contribution in [0.3, 0.4) is 0 Å². The van der Waals surface area contributed by atoms with E-state index in [9.17, 15) is 0 Å². The molecule has 0 aliphatic heterocycles. The summed E-state index contributed by atoms with van der Waals surface area (Å²) in [6.45, 7) is 3.69. The Morgan fingerprint density at radius 1 is 1.18 bits per heavy atom. The number of aromatic hydroxyl groups is 2. The van der Waals surface area contributed by atoms with E-state index in [4.69, 9.17) is 10.2 Å². The van der Waals surface area contributed by atoms with E-state index in [2.05, 4.69) is 6.92 Å². The van der Waals surface area contributed by atoms with Crippen LogP contribution in [0.2, 0.25) is 0 Å². The van der Waals surface area contributed by atoms with Crippen LogP contribution in [0, 0.1) is 6.92 Å². The fraction of sp³-hybridized carbons (Fsp3) is 0.222. The molecule has 0 saturated carbocycles. The Labute approximate surface area is 66.1 Å². The molecule has 1 radical (unpaired) electrons. The summed E-state index contributed by atoms with van der Waals surface area (Å²) >= 11 is 0. The minimum Gasteiger partial charge on any atom is -0.504 e. The molecule has 0 unspecified atom stereocenters. The van der Waals surface area contributed by atoms with Crippen molar-refractivity contribution in [3.05, 3.63) is 30.7 Å². The van der Waals surface area contributed by atoms with Gasteiger partial charge < -0.3 is 10.2 Å². The van der Waals surface area contributed by atoms with Crippen molar-refractivity contribution in [2.45, 2.75) is 12.8 Å². The largest absolute Gasteiger partial charge is 0.504 e. The molecule has 59 valence electrons. The summed E-state index contributed by atoms with van der Waals surface area (Å²) in [5, 5.41) is 18.0. The van der Waals surface area contributed by atoms with Gasteiger partial charge in [-0.15, -0.1) is 0 Å². The Hall–Kier alpha value is -1.18. The minimum atomic E-state index is -0.0715. The molecule has 0 amide bonds. The molecule has 1 aromatic rings. The van der Waals surface area contributed by atoms with E-state index >= 15 is 0 Å². The average Bonchev–Trinajstić information content (AvgIpc) is 1.98. The van der Waals surface area contributed by atoms with E-state index in [1.807, 2.05) is 0 Å². The number of rotatable bonds is 2. The third-order valence-electron chi connectivity index (χ3n) is 1.51. The first-order valence-corrected chi connectivity index (χ1v) is 3.54. The van der Waals surface area contributed by atoms with Crippen molar-refractivity contribution < 1.29 is 10.2 Å². The topological polar surface area (TPSA) is 40.5 Å². The number of phenolic OH excluding ortho intramolecular Hbond substituents is 2. The van der Waals surface area contributed by atoms with Crippen molar-refractivity contribution >= 4 is 0 Å². The van der Waals surface area contributed by atoms with Crippen molar-refractivity contribution in [2.75, 3.05) is 0 Å². The molecule has 2 heteroatoms. The lowest BCUT2D eigenvalue weighted by Crippen LogP contribution is -1.81. The molecule has 0 spiro atoms. The first-order valence-electron chi connectivity index (χ1n) is 3.54. The van der Waals surface area contributed by atoms with Gasteiger partial charge >= 0.3 is 0 Å². The van der Waals surface area contributed by atoms with Crippen LogP contribution < -0.4 is 0 Å². The highest BCUT2D eigenvalue weighted by Crippen LogP contribution is 2.25. The Kier molecular flexibility index (Phi) is 2.36. The summed E-state index contributed by atoms with van der Waals surface area (Å²) in [5.74, 6) is -0.131. The van der Waals surface area contributed by atoms with Gasteiger partial charge in [0, 0.05) is 0 Å². The highest BCUT2D eigenvalue weighted by Gasteiger charge is 1.98. The smallest absolute Gasteiger partial charge is 0.157 e. The van der Waals surface area contributed by atoms with Crippen molar-refractivity contribution in [3.8, 4) is 11.5 Å². The fourth-order valence-corrected chi connectivity index (χ4v) is 0.929. The fourth-order valence-electron chi connectivity index (χ4n) is 0.929. The molecule has 0 fully saturated rings. The molecule has 1 rings (SSSR count). The quantitative estimate of drug-likeness (QED) is 0.633. The van der Waals surface area contributed by atoms with E-state index in [-0.39, 0.29) is 11.5 Å². The number of benzene rings is 1.